The van der Waals surface area contributed by atoms with Crippen LogP contribution in [0.25, 0.3) is 11.4 Å². The summed E-state index contributed by atoms with van der Waals surface area (Å²) in [7, 11) is 0. The minimum Gasteiger partial charge on any atom is -0.337 e. The molecule has 2 aliphatic rings. The highest BCUT2D eigenvalue weighted by Gasteiger charge is 2.62. The van der Waals surface area contributed by atoms with E-state index in [0.29, 0.717) is 34.6 Å². The van der Waals surface area contributed by atoms with Crippen LogP contribution in [0.5, 0.6) is 0 Å². The number of halogens is 1. The van der Waals surface area contributed by atoms with Crippen LogP contribution in [0.4, 0.5) is 14.9 Å². The second kappa shape index (κ2) is 7.11. The van der Waals surface area contributed by atoms with Gasteiger partial charge in [-0.05, 0) is 56.4 Å². The molecule has 2 aromatic heterocycles. The molecule has 1 aromatic carbocycles. The van der Waals surface area contributed by atoms with Crippen molar-refractivity contribution in [3.8, 4) is 11.4 Å². The van der Waals surface area contributed by atoms with Crippen LogP contribution >= 0.6 is 0 Å². The molecule has 8 nitrogen and oxygen atoms in total. The smallest absolute Gasteiger partial charge is 0.323 e. The molecule has 3 atom stereocenters. The summed E-state index contributed by atoms with van der Waals surface area (Å²) in [4.78, 5) is 28.0. The molecule has 3 heterocycles. The molecular weight excluding hydrogens is 399 g/mol. The van der Waals surface area contributed by atoms with E-state index in [2.05, 4.69) is 32.3 Å². The number of amides is 2. The first-order chi connectivity index (χ1) is 14.9. The lowest BCUT2D eigenvalue weighted by Gasteiger charge is -2.61. The second-order valence-electron chi connectivity index (χ2n) is 8.60. The number of benzene rings is 1. The number of urea groups is 1. The molecule has 2 fully saturated rings. The van der Waals surface area contributed by atoms with E-state index in [1.807, 2.05) is 0 Å². The van der Waals surface area contributed by atoms with Crippen molar-refractivity contribution in [3.05, 3.63) is 53.7 Å². The number of rotatable bonds is 3. The number of aromatic nitrogens is 4. The molecule has 31 heavy (non-hydrogen) atoms. The fourth-order valence-electron chi connectivity index (χ4n) is 5.06. The fourth-order valence-corrected chi connectivity index (χ4v) is 5.06. The third kappa shape index (κ3) is 3.15. The third-order valence-corrected chi connectivity index (χ3v) is 6.27. The van der Waals surface area contributed by atoms with Gasteiger partial charge in [-0.25, -0.2) is 19.2 Å². The molecule has 9 heteroatoms. The summed E-state index contributed by atoms with van der Waals surface area (Å²) in [6.07, 6.45) is 5.65. The number of carbonyl (C=O) groups is 1. The summed E-state index contributed by atoms with van der Waals surface area (Å²) in [6.45, 7) is 5.70. The van der Waals surface area contributed by atoms with E-state index in [0.717, 1.165) is 19.3 Å². The Labute approximate surface area is 178 Å². The Kier molecular flexibility index (Phi) is 4.49. The summed E-state index contributed by atoms with van der Waals surface area (Å²) in [5, 5.41) is 6.68. The number of carbonyl (C=O) groups excluding carboxylic acids is 1. The van der Waals surface area contributed by atoms with Crippen molar-refractivity contribution in [1.82, 2.24) is 25.0 Å². The molecule has 5 rings (SSSR count). The SMILES string of the molecule is Cc1noc([C@@]23C[C@@H](C)C[C@@H](C2)N3C(=O)Nc2cc(-c3ncccn3)c(C)cc2F)n1. The standard InChI is InChI=1S/C22H23FN6O2/c1-12-7-15-11-22(10-12,20-26-14(3)28-31-20)29(15)21(30)27-18-9-16(13(2)8-17(18)23)19-24-5-4-6-25-19/h4-6,8-9,12,15H,7,10-11H2,1-3H3,(H,27,30)/t12-,15-,22+/m0/s1. The van der Waals surface area contributed by atoms with Gasteiger partial charge in [0.15, 0.2) is 11.6 Å². The lowest BCUT2D eigenvalue weighted by molar-refractivity contribution is -0.112. The zero-order valence-electron chi connectivity index (χ0n) is 17.6. The first kappa shape index (κ1) is 19.6. The molecule has 1 saturated carbocycles. The third-order valence-electron chi connectivity index (χ3n) is 6.27. The van der Waals surface area contributed by atoms with Crippen LogP contribution in [-0.4, -0.2) is 37.1 Å². The predicted octanol–water partition coefficient (Wildman–Crippen LogP) is 4.21. The zero-order valence-corrected chi connectivity index (χ0v) is 17.6. The van der Waals surface area contributed by atoms with E-state index in [4.69, 9.17) is 4.52 Å². The van der Waals surface area contributed by atoms with Crippen LogP contribution in [-0.2, 0) is 5.54 Å². The largest absolute Gasteiger partial charge is 0.337 e. The maximum absolute atomic E-state index is 14.8. The van der Waals surface area contributed by atoms with Crippen LogP contribution in [0.1, 0.15) is 43.5 Å². The van der Waals surface area contributed by atoms with Crippen molar-refractivity contribution in [2.24, 2.45) is 5.92 Å². The molecule has 3 aromatic rings. The van der Waals surface area contributed by atoms with Gasteiger partial charge in [-0.3, -0.25) is 0 Å². The number of nitrogens with one attached hydrogen (secondary N) is 1. The van der Waals surface area contributed by atoms with Crippen LogP contribution in [0.3, 0.4) is 0 Å². The Morgan fingerprint density at radius 2 is 2.03 bits per heavy atom. The number of fused-ring (bicyclic) bond motifs is 2. The average Bonchev–Trinajstić information content (AvgIpc) is 3.17. The number of likely N-dealkylation sites (tertiary alicyclic amines) is 1. The Morgan fingerprint density at radius 1 is 1.26 bits per heavy atom. The topological polar surface area (TPSA) is 97.0 Å². The van der Waals surface area contributed by atoms with E-state index in [9.17, 15) is 9.18 Å². The summed E-state index contributed by atoms with van der Waals surface area (Å²) < 4.78 is 20.2. The van der Waals surface area contributed by atoms with Crippen molar-refractivity contribution in [1.29, 1.82) is 0 Å². The lowest BCUT2D eigenvalue weighted by atomic mass is 9.64. The minimum absolute atomic E-state index is 0.0568. The fraction of sp³-hybridized carbons (Fsp3) is 0.409. The maximum Gasteiger partial charge on any atom is 0.323 e. The van der Waals surface area contributed by atoms with Crippen molar-refractivity contribution in [2.45, 2.75) is 51.6 Å². The molecule has 0 radical (unpaired) electrons. The van der Waals surface area contributed by atoms with Gasteiger partial charge in [-0.2, -0.15) is 4.98 Å². The van der Waals surface area contributed by atoms with Gasteiger partial charge in [0.25, 0.3) is 5.89 Å². The van der Waals surface area contributed by atoms with E-state index in [1.54, 1.807) is 43.3 Å². The van der Waals surface area contributed by atoms with Gasteiger partial charge in [-0.1, -0.05) is 12.1 Å². The second-order valence-corrected chi connectivity index (χ2v) is 8.60. The number of aryl methyl sites for hydroxylation is 2. The summed E-state index contributed by atoms with van der Waals surface area (Å²) in [5.41, 5.74) is 0.805. The van der Waals surface area contributed by atoms with Crippen LogP contribution in [0.2, 0.25) is 0 Å². The average molecular weight is 422 g/mol. The lowest BCUT2D eigenvalue weighted by Crippen LogP contribution is -2.70. The Balaban J connectivity index is 1.46. The zero-order chi connectivity index (χ0) is 21.8. The molecule has 1 N–H and O–H groups in total. The van der Waals surface area contributed by atoms with E-state index in [-0.39, 0.29) is 17.8 Å². The van der Waals surface area contributed by atoms with Crippen molar-refractivity contribution in [2.75, 3.05) is 5.32 Å². The van der Waals surface area contributed by atoms with Gasteiger partial charge in [-0.15, -0.1) is 0 Å². The molecule has 1 aliphatic carbocycles. The highest BCUT2D eigenvalue weighted by molar-refractivity contribution is 5.92. The normalized spacial score (nSPS) is 24.6. The van der Waals surface area contributed by atoms with Gasteiger partial charge in [0.05, 0.1) is 5.69 Å². The number of nitrogens with zero attached hydrogens (tertiary/aromatic N) is 5. The van der Waals surface area contributed by atoms with Crippen LogP contribution < -0.4 is 5.32 Å². The van der Waals surface area contributed by atoms with Gasteiger partial charge in [0.1, 0.15) is 11.4 Å². The summed E-state index contributed by atoms with van der Waals surface area (Å²) in [6, 6.07) is 4.37. The van der Waals surface area contributed by atoms with Crippen LogP contribution in [0, 0.1) is 25.6 Å². The monoisotopic (exact) mass is 422 g/mol. The van der Waals surface area contributed by atoms with Gasteiger partial charge in [0, 0.05) is 30.4 Å². The van der Waals surface area contributed by atoms with Crippen molar-refractivity contribution < 1.29 is 13.7 Å². The molecule has 0 unspecified atom stereocenters. The molecule has 1 saturated heterocycles. The highest BCUT2D eigenvalue weighted by atomic mass is 19.1. The Bertz CT molecular complexity index is 1150. The quantitative estimate of drug-likeness (QED) is 0.679. The van der Waals surface area contributed by atoms with Crippen molar-refractivity contribution >= 4 is 11.7 Å². The molecule has 1 aliphatic heterocycles. The van der Waals surface area contributed by atoms with Crippen LogP contribution in [0.15, 0.2) is 35.1 Å². The minimum atomic E-state index is -0.639. The van der Waals surface area contributed by atoms with Gasteiger partial charge in [0.2, 0.25) is 0 Å². The van der Waals surface area contributed by atoms with E-state index < -0.39 is 11.4 Å². The highest BCUT2D eigenvalue weighted by Crippen LogP contribution is 2.55. The first-order valence-electron chi connectivity index (χ1n) is 10.4. The molecule has 160 valence electrons. The number of hydrogen-bond donors (Lipinski definition) is 1. The molecule has 2 bridgehead atoms. The number of hydrogen-bond acceptors (Lipinski definition) is 6. The molecule has 2 amide bonds. The Hall–Kier alpha value is -3.36. The summed E-state index contributed by atoms with van der Waals surface area (Å²) in [5.74, 6) is 1.37. The maximum atomic E-state index is 14.8. The van der Waals surface area contributed by atoms with Gasteiger partial charge >= 0.3 is 6.03 Å². The van der Waals surface area contributed by atoms with Crippen molar-refractivity contribution in [3.63, 3.8) is 0 Å². The summed E-state index contributed by atoms with van der Waals surface area (Å²) >= 11 is 0. The first-order valence-corrected chi connectivity index (χ1v) is 10.4. The Morgan fingerprint density at radius 3 is 2.74 bits per heavy atom. The molecular formula is C22H23FN6O2. The van der Waals surface area contributed by atoms with E-state index in [1.165, 1.54) is 6.07 Å². The predicted molar refractivity (Wildman–Crippen MR) is 111 cm³/mol. The van der Waals surface area contributed by atoms with E-state index >= 15 is 0 Å². The number of anilines is 1. The number of piperidine rings is 1. The molecule has 0 spiro atoms. The van der Waals surface area contributed by atoms with Gasteiger partial charge < -0.3 is 14.7 Å².